The van der Waals surface area contributed by atoms with E-state index in [1.54, 1.807) is 23.1 Å². The van der Waals surface area contributed by atoms with Gasteiger partial charge in [0.05, 0.1) is 48.6 Å². The number of anilines is 1. The van der Waals surface area contributed by atoms with E-state index in [0.717, 1.165) is 16.5 Å². The molecular formula is C22H19ClF2N4O4. The fourth-order valence-electron chi connectivity index (χ4n) is 4.18. The normalized spacial score (nSPS) is 18.1. The topological polar surface area (TPSA) is 99.8 Å². The number of hydrogen-bond donors (Lipinski definition) is 1. The molecule has 2 N–H and O–H groups in total. The van der Waals surface area contributed by atoms with Gasteiger partial charge in [0.15, 0.2) is 0 Å². The van der Waals surface area contributed by atoms with Gasteiger partial charge >= 0.3 is 6.61 Å². The number of hydrogen-bond acceptors (Lipinski definition) is 7. The molecular weight excluding hydrogens is 458 g/mol. The van der Waals surface area contributed by atoms with Crippen molar-refractivity contribution in [3.8, 4) is 5.88 Å². The van der Waals surface area contributed by atoms with E-state index in [2.05, 4.69) is 14.7 Å². The van der Waals surface area contributed by atoms with Gasteiger partial charge in [0.1, 0.15) is 5.82 Å². The Labute approximate surface area is 192 Å². The number of ether oxygens (including phenoxy) is 3. The highest BCUT2D eigenvalue weighted by atomic mass is 35.5. The molecule has 172 valence electrons. The van der Waals surface area contributed by atoms with Crippen LogP contribution in [0.4, 0.5) is 14.6 Å². The number of rotatable bonds is 4. The number of fused-ring (bicyclic) bond motifs is 3. The number of halogens is 3. The molecule has 1 amide bonds. The van der Waals surface area contributed by atoms with Crippen molar-refractivity contribution in [3.05, 3.63) is 57.7 Å². The fraction of sp³-hybridized carbons (Fsp3) is 0.318. The average molecular weight is 477 g/mol. The van der Waals surface area contributed by atoms with Gasteiger partial charge in [0, 0.05) is 29.8 Å². The van der Waals surface area contributed by atoms with Crippen LogP contribution in [-0.4, -0.2) is 47.1 Å². The van der Waals surface area contributed by atoms with E-state index in [1.807, 2.05) is 0 Å². The number of morpholine rings is 1. The third-order valence-electron chi connectivity index (χ3n) is 5.79. The van der Waals surface area contributed by atoms with Crippen LogP contribution >= 0.6 is 11.6 Å². The van der Waals surface area contributed by atoms with Crippen LogP contribution < -0.4 is 10.5 Å². The number of aromatic nitrogens is 2. The molecule has 2 aliphatic rings. The minimum Gasteiger partial charge on any atom is -0.417 e. The number of carbonyl (C=O) groups excluding carboxylic acids is 1. The van der Waals surface area contributed by atoms with Gasteiger partial charge in [0.25, 0.3) is 5.91 Å². The predicted molar refractivity (Wildman–Crippen MR) is 115 cm³/mol. The molecule has 0 saturated carbocycles. The van der Waals surface area contributed by atoms with Gasteiger partial charge < -0.3 is 24.8 Å². The van der Waals surface area contributed by atoms with Crippen LogP contribution in [0.25, 0.3) is 10.9 Å². The molecule has 2 aliphatic heterocycles. The summed E-state index contributed by atoms with van der Waals surface area (Å²) in [4.78, 5) is 23.6. The number of nitrogens with zero attached hydrogens (tertiary/aromatic N) is 3. The summed E-state index contributed by atoms with van der Waals surface area (Å²) in [5.41, 5.74) is 9.31. The van der Waals surface area contributed by atoms with Gasteiger partial charge in [-0.15, -0.1) is 0 Å². The molecule has 0 unspecified atom stereocenters. The zero-order valence-electron chi connectivity index (χ0n) is 17.3. The number of pyridine rings is 2. The summed E-state index contributed by atoms with van der Waals surface area (Å²) in [7, 11) is 0. The molecule has 1 atom stereocenters. The first-order valence-electron chi connectivity index (χ1n) is 10.2. The monoisotopic (exact) mass is 476 g/mol. The SMILES string of the molecule is Nc1nc2cc(Cl)c(C(=O)N3CCOC[C@@H]3c3ccc(OC(F)F)nc3)cc2c2c1COC2. The van der Waals surface area contributed by atoms with Gasteiger partial charge in [-0.2, -0.15) is 8.78 Å². The van der Waals surface area contributed by atoms with Crippen LogP contribution in [-0.2, 0) is 22.7 Å². The van der Waals surface area contributed by atoms with Crippen molar-refractivity contribution < 1.29 is 27.8 Å². The molecule has 11 heteroatoms. The maximum atomic E-state index is 13.6. The van der Waals surface area contributed by atoms with Crippen LogP contribution in [0, 0.1) is 0 Å². The Morgan fingerprint density at radius 2 is 2.06 bits per heavy atom. The lowest BCUT2D eigenvalue weighted by molar-refractivity contribution is -0.0529. The Balaban J connectivity index is 1.49. The number of nitrogen functional groups attached to an aromatic ring is 1. The number of benzene rings is 1. The molecule has 1 aromatic carbocycles. The van der Waals surface area contributed by atoms with E-state index in [9.17, 15) is 13.6 Å². The molecule has 8 nitrogen and oxygen atoms in total. The summed E-state index contributed by atoms with van der Waals surface area (Å²) in [6, 6.07) is 5.81. The second-order valence-corrected chi connectivity index (χ2v) is 8.10. The molecule has 1 saturated heterocycles. The summed E-state index contributed by atoms with van der Waals surface area (Å²) >= 11 is 6.49. The van der Waals surface area contributed by atoms with Crippen molar-refractivity contribution in [2.75, 3.05) is 25.5 Å². The lowest BCUT2D eigenvalue weighted by atomic mass is 10.0. The average Bonchev–Trinajstić information content (AvgIpc) is 3.29. The highest BCUT2D eigenvalue weighted by molar-refractivity contribution is 6.34. The quantitative estimate of drug-likeness (QED) is 0.612. The third kappa shape index (κ3) is 4.05. The van der Waals surface area contributed by atoms with Crippen LogP contribution in [0.1, 0.15) is 33.1 Å². The highest BCUT2D eigenvalue weighted by Crippen LogP contribution is 2.35. The summed E-state index contributed by atoms with van der Waals surface area (Å²) in [6.45, 7) is -1.30. The molecule has 3 aromatic rings. The molecule has 0 spiro atoms. The second kappa shape index (κ2) is 8.69. The minimum atomic E-state index is -2.97. The molecule has 33 heavy (non-hydrogen) atoms. The van der Waals surface area contributed by atoms with Crippen LogP contribution in [0.15, 0.2) is 30.5 Å². The molecule has 1 fully saturated rings. The molecule has 0 aliphatic carbocycles. The minimum absolute atomic E-state index is 0.205. The lowest BCUT2D eigenvalue weighted by Gasteiger charge is -2.36. The van der Waals surface area contributed by atoms with E-state index >= 15 is 0 Å². The molecule has 5 rings (SSSR count). The van der Waals surface area contributed by atoms with Gasteiger partial charge in [-0.25, -0.2) is 9.97 Å². The van der Waals surface area contributed by atoms with Gasteiger partial charge in [0.2, 0.25) is 5.88 Å². The summed E-state index contributed by atoms with van der Waals surface area (Å²) in [5.74, 6) is -0.0958. The van der Waals surface area contributed by atoms with E-state index in [-0.39, 0.29) is 23.4 Å². The van der Waals surface area contributed by atoms with Crippen LogP contribution in [0.5, 0.6) is 5.88 Å². The second-order valence-electron chi connectivity index (χ2n) is 7.69. The fourth-order valence-corrected chi connectivity index (χ4v) is 4.42. The van der Waals surface area contributed by atoms with Gasteiger partial charge in [-0.3, -0.25) is 4.79 Å². The third-order valence-corrected chi connectivity index (χ3v) is 6.10. The molecule has 4 heterocycles. The van der Waals surface area contributed by atoms with E-state index in [0.29, 0.717) is 48.8 Å². The van der Waals surface area contributed by atoms with Crippen LogP contribution in [0.2, 0.25) is 5.02 Å². The Hall–Kier alpha value is -3.08. The van der Waals surface area contributed by atoms with E-state index < -0.39 is 12.7 Å². The number of carbonyl (C=O) groups is 1. The Morgan fingerprint density at radius 1 is 1.24 bits per heavy atom. The zero-order chi connectivity index (χ0) is 23.1. The van der Waals surface area contributed by atoms with E-state index in [1.165, 1.54) is 12.3 Å². The Bertz CT molecular complexity index is 1230. The van der Waals surface area contributed by atoms with Crippen molar-refractivity contribution in [1.82, 2.24) is 14.9 Å². The smallest absolute Gasteiger partial charge is 0.388 e. The van der Waals surface area contributed by atoms with Gasteiger partial charge in [-0.1, -0.05) is 11.6 Å². The maximum absolute atomic E-state index is 13.6. The molecule has 0 radical (unpaired) electrons. The Kier molecular flexibility index (Phi) is 5.73. The first-order valence-corrected chi connectivity index (χ1v) is 10.6. The van der Waals surface area contributed by atoms with Crippen molar-refractivity contribution in [2.45, 2.75) is 25.9 Å². The zero-order valence-corrected chi connectivity index (χ0v) is 18.0. The number of alkyl halides is 2. The maximum Gasteiger partial charge on any atom is 0.388 e. The van der Waals surface area contributed by atoms with Crippen molar-refractivity contribution in [2.24, 2.45) is 0 Å². The van der Waals surface area contributed by atoms with E-state index in [4.69, 9.17) is 26.8 Å². The van der Waals surface area contributed by atoms with Crippen molar-refractivity contribution in [1.29, 1.82) is 0 Å². The van der Waals surface area contributed by atoms with Crippen LogP contribution in [0.3, 0.4) is 0 Å². The number of amides is 1. The predicted octanol–water partition coefficient (Wildman–Crippen LogP) is 3.71. The molecule has 2 aromatic heterocycles. The standard InChI is InChI=1S/C22H19ClF2N4O4/c23-16-6-17-12(14-8-32-9-15(14)20(26)28-17)5-13(16)21(30)29-3-4-31-10-18(29)11-1-2-19(27-7-11)33-22(24)25/h1-2,5-7,18,22H,3-4,8-10H2,(H2,26,28)/t18-/m1/s1. The lowest BCUT2D eigenvalue weighted by Crippen LogP contribution is -2.43. The first-order chi connectivity index (χ1) is 15.9. The summed E-state index contributed by atoms with van der Waals surface area (Å²) < 4.78 is 40.2. The largest absolute Gasteiger partial charge is 0.417 e. The van der Waals surface area contributed by atoms with Crippen molar-refractivity contribution in [3.63, 3.8) is 0 Å². The number of nitrogens with two attached hydrogens (primary N) is 1. The van der Waals surface area contributed by atoms with Gasteiger partial charge in [-0.05, 0) is 29.3 Å². The van der Waals surface area contributed by atoms with Crippen molar-refractivity contribution >= 4 is 34.2 Å². The summed E-state index contributed by atoms with van der Waals surface area (Å²) in [6.07, 6.45) is 1.40. The summed E-state index contributed by atoms with van der Waals surface area (Å²) in [5, 5.41) is 1.02. The Morgan fingerprint density at radius 3 is 2.82 bits per heavy atom. The highest BCUT2D eigenvalue weighted by Gasteiger charge is 2.31. The molecule has 0 bridgehead atoms. The first kappa shape index (κ1) is 21.7.